The van der Waals surface area contributed by atoms with E-state index >= 15 is 0 Å². The van der Waals surface area contributed by atoms with Crippen LogP contribution in [0.15, 0.2) is 24.3 Å². The SMILES string of the molecule is Cc1ccccc1C1CCN(C(=O)CC2CCS(=O)(=O)C2)C1. The number of hydrogen-bond donors (Lipinski definition) is 0. The molecule has 0 spiro atoms. The molecule has 2 heterocycles. The van der Waals surface area contributed by atoms with E-state index in [2.05, 4.69) is 25.1 Å². The van der Waals surface area contributed by atoms with Gasteiger partial charge in [-0.1, -0.05) is 24.3 Å². The summed E-state index contributed by atoms with van der Waals surface area (Å²) >= 11 is 0. The van der Waals surface area contributed by atoms with Crippen molar-refractivity contribution in [1.29, 1.82) is 0 Å². The largest absolute Gasteiger partial charge is 0.342 e. The predicted molar refractivity (Wildman–Crippen MR) is 86.5 cm³/mol. The topological polar surface area (TPSA) is 54.5 Å². The number of hydrogen-bond acceptors (Lipinski definition) is 3. The number of aryl methyl sites for hydroxylation is 1. The molecule has 0 bridgehead atoms. The van der Waals surface area contributed by atoms with E-state index in [4.69, 9.17) is 0 Å². The fraction of sp³-hybridized carbons (Fsp3) is 0.588. The normalized spacial score (nSPS) is 27.2. The molecule has 0 aromatic heterocycles. The van der Waals surface area contributed by atoms with Gasteiger partial charge in [0.25, 0.3) is 0 Å². The summed E-state index contributed by atoms with van der Waals surface area (Å²) < 4.78 is 23.0. The Hall–Kier alpha value is -1.36. The summed E-state index contributed by atoms with van der Waals surface area (Å²) in [5, 5.41) is 0. The van der Waals surface area contributed by atoms with Gasteiger partial charge in [0.2, 0.25) is 5.91 Å². The highest BCUT2D eigenvalue weighted by Crippen LogP contribution is 2.30. The molecular weight excluding hydrogens is 298 g/mol. The Morgan fingerprint density at radius 1 is 1.27 bits per heavy atom. The van der Waals surface area contributed by atoms with Gasteiger partial charge in [-0.25, -0.2) is 8.42 Å². The molecule has 5 heteroatoms. The number of likely N-dealkylation sites (tertiary alicyclic amines) is 1. The van der Waals surface area contributed by atoms with Crippen LogP contribution >= 0.6 is 0 Å². The number of carbonyl (C=O) groups is 1. The van der Waals surface area contributed by atoms with Crippen molar-refractivity contribution >= 4 is 15.7 Å². The third kappa shape index (κ3) is 3.35. The first-order valence-corrected chi connectivity index (χ1v) is 9.80. The second kappa shape index (κ2) is 6.03. The Morgan fingerprint density at radius 2 is 2.05 bits per heavy atom. The summed E-state index contributed by atoms with van der Waals surface area (Å²) in [7, 11) is -2.89. The summed E-state index contributed by atoms with van der Waals surface area (Å²) in [6.45, 7) is 3.67. The zero-order valence-electron chi connectivity index (χ0n) is 13.0. The summed E-state index contributed by atoms with van der Waals surface area (Å²) in [6.07, 6.45) is 2.03. The fourth-order valence-corrected chi connectivity index (χ4v) is 5.56. The van der Waals surface area contributed by atoms with E-state index in [0.717, 1.165) is 19.5 Å². The molecule has 2 saturated heterocycles. The Labute approximate surface area is 132 Å². The van der Waals surface area contributed by atoms with E-state index in [1.54, 1.807) is 0 Å². The lowest BCUT2D eigenvalue weighted by atomic mass is 9.94. The van der Waals surface area contributed by atoms with Crippen molar-refractivity contribution < 1.29 is 13.2 Å². The van der Waals surface area contributed by atoms with Crippen LogP contribution in [-0.2, 0) is 14.6 Å². The number of carbonyl (C=O) groups excluding carboxylic acids is 1. The minimum Gasteiger partial charge on any atom is -0.342 e. The van der Waals surface area contributed by atoms with Gasteiger partial charge < -0.3 is 4.90 Å². The van der Waals surface area contributed by atoms with Gasteiger partial charge in [0, 0.05) is 25.4 Å². The van der Waals surface area contributed by atoms with Crippen LogP contribution in [0.4, 0.5) is 0 Å². The average Bonchev–Trinajstić information content (AvgIpc) is 3.06. The monoisotopic (exact) mass is 321 g/mol. The maximum Gasteiger partial charge on any atom is 0.222 e. The zero-order chi connectivity index (χ0) is 15.7. The minimum atomic E-state index is -2.89. The number of rotatable bonds is 3. The van der Waals surface area contributed by atoms with Crippen molar-refractivity contribution in [2.24, 2.45) is 5.92 Å². The number of amides is 1. The maximum atomic E-state index is 12.4. The number of benzene rings is 1. The van der Waals surface area contributed by atoms with Crippen molar-refractivity contribution in [3.05, 3.63) is 35.4 Å². The molecule has 2 unspecified atom stereocenters. The summed E-state index contributed by atoms with van der Waals surface area (Å²) in [4.78, 5) is 14.3. The number of sulfone groups is 1. The Bertz CT molecular complexity index is 668. The first-order valence-electron chi connectivity index (χ1n) is 7.98. The van der Waals surface area contributed by atoms with Crippen LogP contribution in [0.3, 0.4) is 0 Å². The average molecular weight is 321 g/mol. The number of nitrogens with zero attached hydrogens (tertiary/aromatic N) is 1. The summed E-state index contributed by atoms with van der Waals surface area (Å²) in [5.41, 5.74) is 2.62. The molecule has 120 valence electrons. The van der Waals surface area contributed by atoms with Gasteiger partial charge in [0.1, 0.15) is 0 Å². The van der Waals surface area contributed by atoms with E-state index < -0.39 is 9.84 Å². The van der Waals surface area contributed by atoms with Crippen molar-refractivity contribution in [2.75, 3.05) is 24.6 Å². The van der Waals surface area contributed by atoms with E-state index in [1.807, 2.05) is 11.0 Å². The van der Waals surface area contributed by atoms with E-state index in [-0.39, 0.29) is 23.3 Å². The molecule has 2 aliphatic rings. The maximum absolute atomic E-state index is 12.4. The fourth-order valence-electron chi connectivity index (χ4n) is 3.69. The molecule has 4 nitrogen and oxygen atoms in total. The molecule has 0 N–H and O–H groups in total. The third-order valence-electron chi connectivity index (χ3n) is 4.96. The van der Waals surface area contributed by atoms with Crippen LogP contribution in [0.25, 0.3) is 0 Å². The van der Waals surface area contributed by atoms with Crippen LogP contribution in [-0.4, -0.2) is 43.8 Å². The molecule has 1 amide bonds. The van der Waals surface area contributed by atoms with Gasteiger partial charge in [0.15, 0.2) is 9.84 Å². The van der Waals surface area contributed by atoms with Crippen LogP contribution in [0, 0.1) is 12.8 Å². The van der Waals surface area contributed by atoms with Gasteiger partial charge in [-0.05, 0) is 36.8 Å². The van der Waals surface area contributed by atoms with Crippen LogP contribution in [0.1, 0.15) is 36.3 Å². The van der Waals surface area contributed by atoms with Crippen molar-refractivity contribution in [3.8, 4) is 0 Å². The second-order valence-corrected chi connectivity index (χ2v) is 8.88. The highest BCUT2D eigenvalue weighted by atomic mass is 32.2. The molecule has 2 atom stereocenters. The van der Waals surface area contributed by atoms with Crippen molar-refractivity contribution in [2.45, 2.75) is 32.1 Å². The second-order valence-electron chi connectivity index (χ2n) is 6.66. The van der Waals surface area contributed by atoms with Gasteiger partial charge in [0.05, 0.1) is 11.5 Å². The molecule has 1 aromatic carbocycles. The molecule has 0 radical (unpaired) electrons. The van der Waals surface area contributed by atoms with E-state index in [9.17, 15) is 13.2 Å². The molecule has 0 aliphatic carbocycles. The Kier molecular flexibility index (Phi) is 4.26. The Balaban J connectivity index is 1.59. The van der Waals surface area contributed by atoms with E-state index in [1.165, 1.54) is 11.1 Å². The summed E-state index contributed by atoms with van der Waals surface area (Å²) in [6, 6.07) is 8.36. The predicted octanol–water partition coefficient (Wildman–Crippen LogP) is 2.14. The van der Waals surface area contributed by atoms with Gasteiger partial charge in [-0.3, -0.25) is 4.79 Å². The van der Waals surface area contributed by atoms with Crippen LogP contribution < -0.4 is 0 Å². The van der Waals surface area contributed by atoms with Gasteiger partial charge in [-0.2, -0.15) is 0 Å². The van der Waals surface area contributed by atoms with Gasteiger partial charge >= 0.3 is 0 Å². The zero-order valence-corrected chi connectivity index (χ0v) is 13.8. The quantitative estimate of drug-likeness (QED) is 0.857. The first-order chi connectivity index (χ1) is 10.4. The molecule has 2 aliphatic heterocycles. The lowest BCUT2D eigenvalue weighted by Crippen LogP contribution is -2.30. The molecule has 3 rings (SSSR count). The first kappa shape index (κ1) is 15.5. The highest BCUT2D eigenvalue weighted by molar-refractivity contribution is 7.91. The van der Waals surface area contributed by atoms with Crippen molar-refractivity contribution in [3.63, 3.8) is 0 Å². The lowest BCUT2D eigenvalue weighted by molar-refractivity contribution is -0.131. The third-order valence-corrected chi connectivity index (χ3v) is 6.80. The van der Waals surface area contributed by atoms with Crippen LogP contribution in [0.5, 0.6) is 0 Å². The molecular formula is C17H23NO3S. The van der Waals surface area contributed by atoms with Gasteiger partial charge in [-0.15, -0.1) is 0 Å². The smallest absolute Gasteiger partial charge is 0.222 e. The molecule has 22 heavy (non-hydrogen) atoms. The Morgan fingerprint density at radius 3 is 2.73 bits per heavy atom. The minimum absolute atomic E-state index is 0.0232. The van der Waals surface area contributed by atoms with Crippen molar-refractivity contribution in [1.82, 2.24) is 4.90 Å². The highest BCUT2D eigenvalue weighted by Gasteiger charge is 2.33. The lowest BCUT2D eigenvalue weighted by Gasteiger charge is -2.19. The van der Waals surface area contributed by atoms with E-state index in [0.29, 0.717) is 18.8 Å². The molecule has 0 saturated carbocycles. The van der Waals surface area contributed by atoms with Crippen LogP contribution in [0.2, 0.25) is 0 Å². The standard InChI is InChI=1S/C17H23NO3S/c1-13-4-2-3-5-16(13)15-6-8-18(11-15)17(19)10-14-7-9-22(20,21)12-14/h2-5,14-15H,6-12H2,1H3. The molecule has 2 fully saturated rings. The summed E-state index contributed by atoms with van der Waals surface area (Å²) in [5.74, 6) is 0.996. The molecule has 1 aromatic rings.